The molecule has 1 aromatic heterocycles. The van der Waals surface area contributed by atoms with Gasteiger partial charge in [-0.2, -0.15) is 5.10 Å². The first-order chi connectivity index (χ1) is 14.4. The Bertz CT molecular complexity index is 1060. The number of phenolic OH excluding ortho intramolecular Hbond substituents is 1. The molecule has 0 unspecified atom stereocenters. The minimum atomic E-state index is 0.161. The van der Waals surface area contributed by atoms with Crippen molar-refractivity contribution in [2.24, 2.45) is 0 Å². The lowest BCUT2D eigenvalue weighted by molar-refractivity contribution is 0.144. The standard InChI is InChI=1S/C22H27N3O4S/c1-14(2)16-6-7-18(26)17(12-16)21-23-24-22(30)25(21)13-15-5-8-19(20(11-15)28-4)29-10-9-27-3/h5-8,11-12,14,26H,9-10,13H2,1-4H3,(H,24,30). The molecule has 0 saturated heterocycles. The molecule has 8 heteroatoms. The molecule has 0 radical (unpaired) electrons. The lowest BCUT2D eigenvalue weighted by Gasteiger charge is -2.14. The summed E-state index contributed by atoms with van der Waals surface area (Å²) in [7, 11) is 3.23. The Morgan fingerprint density at radius 3 is 2.60 bits per heavy atom. The highest BCUT2D eigenvalue weighted by atomic mass is 32.1. The third kappa shape index (κ3) is 4.83. The Morgan fingerprint density at radius 2 is 1.90 bits per heavy atom. The van der Waals surface area contributed by atoms with Crippen molar-refractivity contribution in [1.29, 1.82) is 0 Å². The Kier molecular flexibility index (Phi) is 7.12. The molecule has 0 fully saturated rings. The summed E-state index contributed by atoms with van der Waals surface area (Å²) in [6.45, 7) is 5.61. The first-order valence-electron chi connectivity index (χ1n) is 9.71. The van der Waals surface area contributed by atoms with Crippen molar-refractivity contribution < 1.29 is 19.3 Å². The third-order valence-corrected chi connectivity index (χ3v) is 5.11. The predicted octanol–water partition coefficient (Wildman–Crippen LogP) is 4.52. The van der Waals surface area contributed by atoms with Crippen LogP contribution in [0.2, 0.25) is 0 Å². The van der Waals surface area contributed by atoms with Crippen molar-refractivity contribution in [3.05, 3.63) is 52.3 Å². The first kappa shape index (κ1) is 21.9. The van der Waals surface area contributed by atoms with Crippen molar-refractivity contribution >= 4 is 12.2 Å². The summed E-state index contributed by atoms with van der Waals surface area (Å²) >= 11 is 5.45. The van der Waals surface area contributed by atoms with E-state index in [-0.39, 0.29) is 5.75 Å². The predicted molar refractivity (Wildman–Crippen MR) is 118 cm³/mol. The molecule has 0 bridgehead atoms. The zero-order chi connectivity index (χ0) is 21.7. The summed E-state index contributed by atoms with van der Waals surface area (Å²) in [5.41, 5.74) is 2.71. The van der Waals surface area contributed by atoms with Crippen LogP contribution < -0.4 is 9.47 Å². The van der Waals surface area contributed by atoms with Gasteiger partial charge in [-0.1, -0.05) is 26.0 Å². The summed E-state index contributed by atoms with van der Waals surface area (Å²) in [5, 5.41) is 17.7. The van der Waals surface area contributed by atoms with Crippen LogP contribution in [0.4, 0.5) is 0 Å². The maximum absolute atomic E-state index is 10.4. The molecule has 160 valence electrons. The number of benzene rings is 2. The maximum Gasteiger partial charge on any atom is 0.195 e. The Morgan fingerprint density at radius 1 is 1.10 bits per heavy atom. The average molecular weight is 430 g/mol. The Labute approximate surface area is 181 Å². The van der Waals surface area contributed by atoms with Gasteiger partial charge < -0.3 is 19.3 Å². The number of hydrogen-bond donors (Lipinski definition) is 2. The smallest absolute Gasteiger partial charge is 0.195 e. The van der Waals surface area contributed by atoms with E-state index < -0.39 is 0 Å². The summed E-state index contributed by atoms with van der Waals surface area (Å²) < 4.78 is 18.5. The second-order valence-corrected chi connectivity index (χ2v) is 7.58. The monoisotopic (exact) mass is 429 g/mol. The Hall–Kier alpha value is -2.84. The van der Waals surface area contributed by atoms with Crippen molar-refractivity contribution in [3.8, 4) is 28.6 Å². The number of nitrogens with one attached hydrogen (secondary N) is 1. The molecule has 3 aromatic rings. The molecular formula is C22H27N3O4S. The van der Waals surface area contributed by atoms with Gasteiger partial charge in [0.2, 0.25) is 0 Å². The van der Waals surface area contributed by atoms with E-state index in [0.29, 0.717) is 53.3 Å². The van der Waals surface area contributed by atoms with Gasteiger partial charge in [-0.05, 0) is 53.5 Å². The second-order valence-electron chi connectivity index (χ2n) is 7.20. The Balaban J connectivity index is 1.93. The number of aromatic hydroxyl groups is 1. The number of rotatable bonds is 9. The molecule has 0 amide bonds. The minimum absolute atomic E-state index is 0.161. The number of phenols is 1. The van der Waals surface area contributed by atoms with Crippen molar-refractivity contribution in [3.63, 3.8) is 0 Å². The molecule has 7 nitrogen and oxygen atoms in total. The van der Waals surface area contributed by atoms with Crippen molar-refractivity contribution in [2.45, 2.75) is 26.3 Å². The number of H-pyrrole nitrogens is 1. The number of methoxy groups -OCH3 is 2. The highest BCUT2D eigenvalue weighted by Crippen LogP contribution is 2.33. The molecule has 1 heterocycles. The molecule has 2 N–H and O–H groups in total. The van der Waals surface area contributed by atoms with Gasteiger partial charge in [-0.3, -0.25) is 9.67 Å². The molecule has 0 aliphatic heterocycles. The number of aromatic amines is 1. The van der Waals surface area contributed by atoms with Gasteiger partial charge in [0.05, 0.1) is 25.8 Å². The maximum atomic E-state index is 10.4. The van der Waals surface area contributed by atoms with Gasteiger partial charge in [0, 0.05) is 7.11 Å². The largest absolute Gasteiger partial charge is 0.507 e. The molecule has 0 aliphatic carbocycles. The van der Waals surface area contributed by atoms with Gasteiger partial charge >= 0.3 is 0 Å². The van der Waals surface area contributed by atoms with Gasteiger partial charge in [-0.15, -0.1) is 0 Å². The van der Waals surface area contributed by atoms with Crippen LogP contribution in [0.15, 0.2) is 36.4 Å². The fourth-order valence-corrected chi connectivity index (χ4v) is 3.31. The highest BCUT2D eigenvalue weighted by molar-refractivity contribution is 7.71. The van der Waals surface area contributed by atoms with Gasteiger partial charge in [0.1, 0.15) is 12.4 Å². The summed E-state index contributed by atoms with van der Waals surface area (Å²) in [6.07, 6.45) is 0. The molecule has 30 heavy (non-hydrogen) atoms. The van der Waals surface area contributed by atoms with Crippen molar-refractivity contribution in [2.75, 3.05) is 27.4 Å². The van der Waals surface area contributed by atoms with E-state index in [9.17, 15) is 5.11 Å². The molecule has 0 spiro atoms. The second kappa shape index (κ2) is 9.77. The fraction of sp³-hybridized carbons (Fsp3) is 0.364. The molecule has 0 atom stereocenters. The quantitative estimate of drug-likeness (QED) is 0.385. The van der Waals surface area contributed by atoms with E-state index in [1.54, 1.807) is 20.3 Å². The van der Waals surface area contributed by atoms with E-state index in [2.05, 4.69) is 24.0 Å². The van der Waals surface area contributed by atoms with Crippen LogP contribution in [-0.4, -0.2) is 47.3 Å². The SMILES string of the molecule is COCCOc1ccc(Cn2c(-c3cc(C(C)C)ccc3O)n[nH]c2=S)cc1OC. The molecular weight excluding hydrogens is 402 g/mol. The number of ether oxygens (including phenoxy) is 3. The van der Waals surface area contributed by atoms with Crippen molar-refractivity contribution in [1.82, 2.24) is 14.8 Å². The third-order valence-electron chi connectivity index (χ3n) is 4.80. The molecule has 0 aliphatic rings. The van der Waals surface area contributed by atoms with Crippen LogP contribution in [-0.2, 0) is 11.3 Å². The topological polar surface area (TPSA) is 81.5 Å². The summed E-state index contributed by atoms with van der Waals surface area (Å²) in [5.74, 6) is 2.35. The fourth-order valence-electron chi connectivity index (χ4n) is 3.11. The minimum Gasteiger partial charge on any atom is -0.507 e. The molecule has 0 saturated carbocycles. The van der Waals surface area contributed by atoms with E-state index >= 15 is 0 Å². The van der Waals surface area contributed by atoms with Gasteiger partial charge in [0.25, 0.3) is 0 Å². The summed E-state index contributed by atoms with van der Waals surface area (Å²) in [4.78, 5) is 0. The molecule has 3 rings (SSSR count). The van der Waals surface area contributed by atoms with Crippen LogP contribution in [0.5, 0.6) is 17.2 Å². The number of aromatic nitrogens is 3. The van der Waals surface area contributed by atoms with E-state index in [1.165, 1.54) is 0 Å². The number of hydrogen-bond acceptors (Lipinski definition) is 6. The van der Waals surface area contributed by atoms with Gasteiger partial charge in [-0.25, -0.2) is 0 Å². The van der Waals surface area contributed by atoms with Crippen LogP contribution >= 0.6 is 12.2 Å². The van der Waals surface area contributed by atoms with Crippen LogP contribution in [0.25, 0.3) is 11.4 Å². The van der Waals surface area contributed by atoms with Gasteiger partial charge in [0.15, 0.2) is 22.1 Å². The van der Waals surface area contributed by atoms with E-state index in [4.69, 9.17) is 26.4 Å². The zero-order valence-electron chi connectivity index (χ0n) is 17.6. The highest BCUT2D eigenvalue weighted by Gasteiger charge is 2.16. The van der Waals surface area contributed by atoms with Crippen LogP contribution in [0.1, 0.15) is 30.9 Å². The normalized spacial score (nSPS) is 11.1. The van der Waals surface area contributed by atoms with E-state index in [0.717, 1.165) is 11.1 Å². The zero-order valence-corrected chi connectivity index (χ0v) is 18.5. The van der Waals surface area contributed by atoms with Crippen LogP contribution in [0, 0.1) is 4.77 Å². The average Bonchev–Trinajstić information content (AvgIpc) is 3.09. The lowest BCUT2D eigenvalue weighted by Crippen LogP contribution is -2.06. The molecule has 2 aromatic carbocycles. The number of nitrogens with zero attached hydrogens (tertiary/aromatic N) is 2. The first-order valence-corrected chi connectivity index (χ1v) is 10.1. The van der Waals surface area contributed by atoms with E-state index in [1.807, 2.05) is 34.9 Å². The summed E-state index contributed by atoms with van der Waals surface area (Å²) in [6, 6.07) is 11.3. The van der Waals surface area contributed by atoms with Crippen LogP contribution in [0.3, 0.4) is 0 Å². The lowest BCUT2D eigenvalue weighted by atomic mass is 10.00.